The average Bonchev–Trinajstić information content (AvgIpc) is 2.38. The van der Waals surface area contributed by atoms with Crippen molar-refractivity contribution in [3.05, 3.63) is 0 Å². The number of esters is 1. The summed E-state index contributed by atoms with van der Waals surface area (Å²) in [5.41, 5.74) is -0.463. The van der Waals surface area contributed by atoms with Gasteiger partial charge in [-0.25, -0.2) is 0 Å². The molecule has 3 nitrogen and oxygen atoms in total. The van der Waals surface area contributed by atoms with Crippen LogP contribution in [0.15, 0.2) is 0 Å². The van der Waals surface area contributed by atoms with Crippen molar-refractivity contribution >= 4 is 5.97 Å². The Balaban J connectivity index is 2.07. The fourth-order valence-electron chi connectivity index (χ4n) is 3.04. The van der Waals surface area contributed by atoms with Crippen LogP contribution in [0.3, 0.4) is 0 Å². The van der Waals surface area contributed by atoms with Gasteiger partial charge in [0, 0.05) is 13.5 Å². The topological polar surface area (TPSA) is 35.5 Å². The van der Waals surface area contributed by atoms with Gasteiger partial charge in [0.25, 0.3) is 0 Å². The molecule has 0 radical (unpaired) electrons. The van der Waals surface area contributed by atoms with Gasteiger partial charge in [-0.1, -0.05) is 0 Å². The number of cyclic esters (lactones) is 1. The normalized spacial score (nSPS) is 39.4. The van der Waals surface area contributed by atoms with E-state index < -0.39 is 0 Å². The van der Waals surface area contributed by atoms with Crippen molar-refractivity contribution in [2.24, 2.45) is 5.41 Å². The summed E-state index contributed by atoms with van der Waals surface area (Å²) in [5.74, 6) is 0.0158. The van der Waals surface area contributed by atoms with Gasteiger partial charge in [0.15, 0.2) is 0 Å². The van der Waals surface area contributed by atoms with Crippen molar-refractivity contribution in [2.45, 2.75) is 57.7 Å². The maximum atomic E-state index is 11.9. The molecule has 2 fully saturated rings. The molecule has 86 valence electrons. The standard InChI is InChI=1S/C12H20O3/c1-11(2)8-12(10(13)15-11)6-4-9(14-3)5-7-12/h9H,4-8H2,1-3H3. The van der Waals surface area contributed by atoms with Crippen LogP contribution in [0.2, 0.25) is 0 Å². The minimum atomic E-state index is -0.267. The summed E-state index contributed by atoms with van der Waals surface area (Å²) >= 11 is 0. The third-order valence-corrected chi connectivity index (χ3v) is 3.79. The SMILES string of the molecule is COC1CCC2(CC1)CC(C)(C)OC2=O. The first kappa shape index (κ1) is 10.9. The highest BCUT2D eigenvalue weighted by molar-refractivity contribution is 5.79. The van der Waals surface area contributed by atoms with E-state index in [1.807, 2.05) is 13.8 Å². The van der Waals surface area contributed by atoms with E-state index in [0.29, 0.717) is 6.10 Å². The van der Waals surface area contributed by atoms with E-state index in [2.05, 4.69) is 0 Å². The molecule has 1 saturated carbocycles. The van der Waals surface area contributed by atoms with E-state index in [9.17, 15) is 4.79 Å². The van der Waals surface area contributed by atoms with Gasteiger partial charge in [0.05, 0.1) is 11.5 Å². The zero-order chi connectivity index (χ0) is 11.1. The molecule has 2 aliphatic rings. The number of methoxy groups -OCH3 is 1. The maximum Gasteiger partial charge on any atom is 0.312 e. The van der Waals surface area contributed by atoms with E-state index in [0.717, 1.165) is 32.1 Å². The maximum absolute atomic E-state index is 11.9. The van der Waals surface area contributed by atoms with Crippen LogP contribution in [0.1, 0.15) is 46.0 Å². The summed E-state index contributed by atoms with van der Waals surface area (Å²) < 4.78 is 10.8. The first-order valence-electron chi connectivity index (χ1n) is 5.74. The summed E-state index contributed by atoms with van der Waals surface area (Å²) in [5, 5.41) is 0. The Morgan fingerprint density at radius 3 is 2.33 bits per heavy atom. The Labute approximate surface area is 91.1 Å². The molecule has 0 amide bonds. The number of hydrogen-bond acceptors (Lipinski definition) is 3. The molecule has 1 aliphatic heterocycles. The van der Waals surface area contributed by atoms with Crippen LogP contribution in [0.4, 0.5) is 0 Å². The lowest BCUT2D eigenvalue weighted by atomic mass is 9.70. The zero-order valence-electron chi connectivity index (χ0n) is 9.84. The van der Waals surface area contributed by atoms with E-state index in [1.165, 1.54) is 0 Å². The summed E-state index contributed by atoms with van der Waals surface area (Å²) in [4.78, 5) is 11.9. The van der Waals surface area contributed by atoms with Crippen molar-refractivity contribution in [2.75, 3.05) is 7.11 Å². The molecule has 0 aromatic carbocycles. The fourth-order valence-corrected chi connectivity index (χ4v) is 3.04. The highest BCUT2D eigenvalue weighted by atomic mass is 16.6. The van der Waals surface area contributed by atoms with Crippen LogP contribution in [-0.4, -0.2) is 24.8 Å². The summed E-state index contributed by atoms with van der Waals surface area (Å²) in [6, 6.07) is 0. The molecule has 0 atom stereocenters. The lowest BCUT2D eigenvalue weighted by molar-refractivity contribution is -0.154. The van der Waals surface area contributed by atoms with Gasteiger partial charge in [-0.05, 0) is 39.5 Å². The van der Waals surface area contributed by atoms with E-state index >= 15 is 0 Å². The van der Waals surface area contributed by atoms with Crippen molar-refractivity contribution in [3.8, 4) is 0 Å². The monoisotopic (exact) mass is 212 g/mol. The molecule has 0 aromatic heterocycles. The van der Waals surface area contributed by atoms with Crippen LogP contribution in [-0.2, 0) is 14.3 Å². The third kappa shape index (κ3) is 1.89. The Bertz CT molecular complexity index is 262. The van der Waals surface area contributed by atoms with Crippen LogP contribution in [0, 0.1) is 5.41 Å². The third-order valence-electron chi connectivity index (χ3n) is 3.79. The second-order valence-corrected chi connectivity index (χ2v) is 5.54. The van der Waals surface area contributed by atoms with E-state index in [4.69, 9.17) is 9.47 Å². The largest absolute Gasteiger partial charge is 0.459 e. The lowest BCUT2D eigenvalue weighted by Crippen LogP contribution is -2.34. The average molecular weight is 212 g/mol. The van der Waals surface area contributed by atoms with Crippen LogP contribution < -0.4 is 0 Å². The molecule has 0 unspecified atom stereocenters. The predicted molar refractivity (Wildman–Crippen MR) is 56.5 cm³/mol. The Morgan fingerprint density at radius 1 is 1.33 bits per heavy atom. The number of rotatable bonds is 1. The number of ether oxygens (including phenoxy) is 2. The van der Waals surface area contributed by atoms with Gasteiger partial charge in [-0.15, -0.1) is 0 Å². The first-order chi connectivity index (χ1) is 6.97. The molecule has 1 saturated heterocycles. The molecular formula is C12H20O3. The van der Waals surface area contributed by atoms with Crippen molar-refractivity contribution < 1.29 is 14.3 Å². The molecule has 2 rings (SSSR count). The van der Waals surface area contributed by atoms with E-state index in [1.54, 1.807) is 7.11 Å². The fraction of sp³-hybridized carbons (Fsp3) is 0.917. The quantitative estimate of drug-likeness (QED) is 0.625. The molecule has 3 heteroatoms. The molecule has 1 aliphatic carbocycles. The Morgan fingerprint density at radius 2 is 1.93 bits per heavy atom. The van der Waals surface area contributed by atoms with Gasteiger partial charge in [0.2, 0.25) is 0 Å². The predicted octanol–water partition coefficient (Wildman–Crippen LogP) is 2.29. The highest BCUT2D eigenvalue weighted by Gasteiger charge is 2.53. The van der Waals surface area contributed by atoms with Crippen LogP contribution in [0.25, 0.3) is 0 Å². The Hall–Kier alpha value is -0.570. The van der Waals surface area contributed by atoms with Crippen molar-refractivity contribution in [3.63, 3.8) is 0 Å². The summed E-state index contributed by atoms with van der Waals surface area (Å²) in [6.07, 6.45) is 5.03. The molecule has 15 heavy (non-hydrogen) atoms. The first-order valence-corrected chi connectivity index (χ1v) is 5.74. The summed E-state index contributed by atoms with van der Waals surface area (Å²) in [7, 11) is 1.75. The lowest BCUT2D eigenvalue weighted by Gasteiger charge is -2.33. The second-order valence-electron chi connectivity index (χ2n) is 5.54. The van der Waals surface area contributed by atoms with Gasteiger partial charge in [-0.3, -0.25) is 4.79 Å². The molecular weight excluding hydrogens is 192 g/mol. The number of carbonyl (C=O) groups excluding carboxylic acids is 1. The molecule has 0 aromatic rings. The molecule has 0 N–H and O–H groups in total. The molecule has 1 heterocycles. The second kappa shape index (κ2) is 3.48. The van der Waals surface area contributed by atoms with Gasteiger partial charge < -0.3 is 9.47 Å². The smallest absolute Gasteiger partial charge is 0.312 e. The summed E-state index contributed by atoms with van der Waals surface area (Å²) in [6.45, 7) is 4.00. The zero-order valence-corrected chi connectivity index (χ0v) is 9.84. The van der Waals surface area contributed by atoms with Crippen molar-refractivity contribution in [1.29, 1.82) is 0 Å². The minimum Gasteiger partial charge on any atom is -0.459 e. The van der Waals surface area contributed by atoms with Gasteiger partial charge >= 0.3 is 5.97 Å². The molecule has 0 bridgehead atoms. The number of hydrogen-bond donors (Lipinski definition) is 0. The van der Waals surface area contributed by atoms with Gasteiger partial charge in [-0.2, -0.15) is 0 Å². The van der Waals surface area contributed by atoms with Crippen LogP contribution in [0.5, 0.6) is 0 Å². The van der Waals surface area contributed by atoms with E-state index in [-0.39, 0.29) is 17.0 Å². The Kier molecular flexibility index (Phi) is 2.53. The number of carbonyl (C=O) groups is 1. The van der Waals surface area contributed by atoms with Crippen molar-refractivity contribution in [1.82, 2.24) is 0 Å². The van der Waals surface area contributed by atoms with Crippen LogP contribution >= 0.6 is 0 Å². The highest BCUT2D eigenvalue weighted by Crippen LogP contribution is 2.49. The minimum absolute atomic E-state index is 0.0158. The van der Waals surface area contributed by atoms with Gasteiger partial charge in [0.1, 0.15) is 5.60 Å². The molecule has 1 spiro atoms.